The van der Waals surface area contributed by atoms with E-state index < -0.39 is 29.1 Å². The third kappa shape index (κ3) is 4.11. The van der Waals surface area contributed by atoms with E-state index in [2.05, 4.69) is 26.1 Å². The van der Waals surface area contributed by atoms with E-state index in [0.717, 1.165) is 23.1 Å². The monoisotopic (exact) mass is 548 g/mol. The number of carboxylic acid groups (broad SMARTS) is 1. The number of benzene rings is 2. The molecule has 0 aromatic heterocycles. The van der Waals surface area contributed by atoms with Crippen molar-refractivity contribution >= 4 is 11.9 Å². The summed E-state index contributed by atoms with van der Waals surface area (Å²) in [5.74, 6) is 0.401. The highest BCUT2D eigenvalue weighted by Gasteiger charge is 2.78. The zero-order valence-corrected chi connectivity index (χ0v) is 23.6. The Morgan fingerprint density at radius 2 is 1.75 bits per heavy atom. The first-order valence-corrected chi connectivity index (χ1v) is 14.4. The number of fused-ring (bicyclic) bond motifs is 2. The highest BCUT2D eigenvalue weighted by molar-refractivity contribution is 5.89. The van der Waals surface area contributed by atoms with Crippen LogP contribution in [-0.4, -0.2) is 62.7 Å². The van der Waals surface area contributed by atoms with Gasteiger partial charge in [0.1, 0.15) is 12.1 Å². The average molecular weight is 549 g/mol. The normalized spacial score (nSPS) is 37.6. The number of nitrogens with zero attached hydrogens (tertiary/aromatic N) is 1. The minimum Gasteiger partial charge on any atom is -0.478 e. The first-order chi connectivity index (χ1) is 18.9. The van der Waals surface area contributed by atoms with Gasteiger partial charge in [0.15, 0.2) is 0 Å². The van der Waals surface area contributed by atoms with Crippen LogP contribution < -0.4 is 5.32 Å². The second kappa shape index (κ2) is 9.38. The lowest BCUT2D eigenvalue weighted by Crippen LogP contribution is -2.62. The molecular formula is C32H40N2O6. The van der Waals surface area contributed by atoms with Gasteiger partial charge < -0.3 is 20.6 Å². The molecule has 2 aromatic rings. The minimum absolute atomic E-state index is 0.0740. The number of carbonyl (C=O) groups is 2. The van der Waals surface area contributed by atoms with E-state index in [4.69, 9.17) is 4.84 Å². The first-order valence-electron chi connectivity index (χ1n) is 14.4. The summed E-state index contributed by atoms with van der Waals surface area (Å²) in [6, 6.07) is 13.8. The van der Waals surface area contributed by atoms with E-state index in [1.165, 1.54) is 6.42 Å². The first kappa shape index (κ1) is 27.4. The molecule has 8 nitrogen and oxygen atoms in total. The molecule has 2 aromatic carbocycles. The molecule has 7 rings (SSSR count). The number of carbonyl (C=O) groups excluding carboxylic acids is 1. The number of nitrogens with one attached hydrogen (secondary N) is 1. The molecule has 5 fully saturated rings. The second-order valence-electron chi connectivity index (χ2n) is 13.4. The molecule has 0 radical (unpaired) electrons. The molecule has 8 heteroatoms. The van der Waals surface area contributed by atoms with Gasteiger partial charge in [-0.2, -0.15) is 5.06 Å². The van der Waals surface area contributed by atoms with Gasteiger partial charge in [-0.25, -0.2) is 4.79 Å². The number of carboxylic acids is 1. The van der Waals surface area contributed by atoms with Gasteiger partial charge in [-0.05, 0) is 84.2 Å². The van der Waals surface area contributed by atoms with E-state index in [0.29, 0.717) is 29.6 Å². The summed E-state index contributed by atoms with van der Waals surface area (Å²) in [6.07, 6.45) is 1.86. The third-order valence-electron chi connectivity index (χ3n) is 10.9. The predicted octanol–water partition coefficient (Wildman–Crippen LogP) is 3.86. The number of rotatable bonds is 7. The number of amides is 1. The second-order valence-corrected chi connectivity index (χ2v) is 13.4. The van der Waals surface area contributed by atoms with Gasteiger partial charge in [0.05, 0.1) is 29.7 Å². The summed E-state index contributed by atoms with van der Waals surface area (Å²) in [5, 5.41) is 35.8. The highest BCUT2D eigenvalue weighted by Crippen LogP contribution is 2.66. The van der Waals surface area contributed by atoms with E-state index in [9.17, 15) is 24.9 Å². The van der Waals surface area contributed by atoms with Crippen molar-refractivity contribution in [2.75, 3.05) is 6.61 Å². The number of aromatic carboxylic acids is 1. The van der Waals surface area contributed by atoms with Crippen molar-refractivity contribution in [1.82, 2.24) is 10.4 Å². The molecule has 1 aliphatic heterocycles. The van der Waals surface area contributed by atoms with Crippen molar-refractivity contribution in [2.24, 2.45) is 28.6 Å². The summed E-state index contributed by atoms with van der Waals surface area (Å²) in [5.41, 5.74) is 1.01. The van der Waals surface area contributed by atoms with Gasteiger partial charge in [0, 0.05) is 6.04 Å². The summed E-state index contributed by atoms with van der Waals surface area (Å²) < 4.78 is 0. The largest absolute Gasteiger partial charge is 0.478 e. The Bertz CT molecular complexity index is 1340. The summed E-state index contributed by atoms with van der Waals surface area (Å²) in [6.45, 7) is 8.61. The Morgan fingerprint density at radius 1 is 1.07 bits per heavy atom. The molecule has 4 N–H and O–H groups in total. The van der Waals surface area contributed by atoms with Crippen molar-refractivity contribution in [3.8, 4) is 11.1 Å². The number of hydrogen-bond acceptors (Lipinski definition) is 6. The van der Waals surface area contributed by atoms with Crippen LogP contribution in [0.5, 0.6) is 0 Å². The Labute approximate surface area is 235 Å². The van der Waals surface area contributed by atoms with Crippen molar-refractivity contribution < 1.29 is 29.7 Å². The molecule has 214 valence electrons. The standard InChI is InChI=1S/C32H40N2O6/c1-18-24-13-23(30(24,2)3)14-25(18)33-28(36)27-32(17-31(32,4)39)26(16-35)40-34(27)15-19-7-5-8-20(11-19)21-9-6-10-22(12-21)29(37)38/h5-12,18,23-27,35,39H,13-17H2,1-4H3,(H,33,36)(H,37,38)/t18-,23+,24-,25-,26-,27+,31?,32+/m0/s1. The fraction of sp³-hybridized carbons (Fsp3) is 0.562. The smallest absolute Gasteiger partial charge is 0.335 e. The molecule has 4 aliphatic carbocycles. The molecule has 4 saturated carbocycles. The Morgan fingerprint density at radius 3 is 2.35 bits per heavy atom. The Kier molecular flexibility index (Phi) is 6.42. The van der Waals surface area contributed by atoms with E-state index in [1.807, 2.05) is 30.3 Å². The summed E-state index contributed by atoms with van der Waals surface area (Å²) in [4.78, 5) is 31.8. The molecule has 2 bridgehead atoms. The molecular weight excluding hydrogens is 508 g/mol. The van der Waals surface area contributed by atoms with Crippen LogP contribution in [0.25, 0.3) is 11.1 Å². The van der Waals surface area contributed by atoms with Crippen LogP contribution in [0.15, 0.2) is 48.5 Å². The maximum atomic E-state index is 14.1. The van der Waals surface area contributed by atoms with Crippen LogP contribution in [0.3, 0.4) is 0 Å². The number of aliphatic hydroxyl groups is 2. The molecule has 1 saturated heterocycles. The van der Waals surface area contributed by atoms with Gasteiger partial charge in [-0.15, -0.1) is 0 Å². The summed E-state index contributed by atoms with van der Waals surface area (Å²) >= 11 is 0. The van der Waals surface area contributed by atoms with Crippen LogP contribution >= 0.6 is 0 Å². The van der Waals surface area contributed by atoms with E-state index in [1.54, 1.807) is 30.2 Å². The Hall–Kier alpha value is -2.78. The maximum absolute atomic E-state index is 14.1. The van der Waals surface area contributed by atoms with Crippen molar-refractivity contribution in [3.05, 3.63) is 59.7 Å². The molecule has 1 amide bonds. The average Bonchev–Trinajstić information content (AvgIpc) is 3.34. The van der Waals surface area contributed by atoms with E-state index >= 15 is 0 Å². The van der Waals surface area contributed by atoms with E-state index in [-0.39, 0.29) is 30.7 Å². The van der Waals surface area contributed by atoms with Crippen LogP contribution in [0, 0.1) is 28.6 Å². The molecule has 5 aliphatic rings. The van der Waals surface area contributed by atoms with Crippen molar-refractivity contribution in [1.29, 1.82) is 0 Å². The molecule has 40 heavy (non-hydrogen) atoms. The number of hydroxylamine groups is 2. The lowest BCUT2D eigenvalue weighted by molar-refractivity contribution is -0.183. The molecule has 1 unspecified atom stereocenters. The molecule has 8 atom stereocenters. The van der Waals surface area contributed by atoms with Crippen LogP contribution in [0.2, 0.25) is 0 Å². The van der Waals surface area contributed by atoms with Gasteiger partial charge in [-0.3, -0.25) is 9.63 Å². The predicted molar refractivity (Wildman–Crippen MR) is 149 cm³/mol. The fourth-order valence-corrected chi connectivity index (χ4v) is 8.28. The topological polar surface area (TPSA) is 119 Å². The maximum Gasteiger partial charge on any atom is 0.335 e. The third-order valence-corrected chi connectivity index (χ3v) is 10.9. The quantitative estimate of drug-likeness (QED) is 0.415. The SMILES string of the molecule is C[C@@H]1[C@@H](NC(=O)[C@H]2N(Cc3cccc(-c4cccc(C(=O)O)c4)c3)O[C@@H](CO)[C@]23CC3(C)O)C[C@H]2C[C@@H]1C2(C)C. The van der Waals surface area contributed by atoms with Crippen LogP contribution in [0.1, 0.15) is 62.9 Å². The number of hydrogen-bond donors (Lipinski definition) is 4. The zero-order chi connectivity index (χ0) is 28.6. The summed E-state index contributed by atoms with van der Waals surface area (Å²) in [7, 11) is 0. The van der Waals surface area contributed by atoms with Crippen molar-refractivity contribution in [3.63, 3.8) is 0 Å². The van der Waals surface area contributed by atoms with Crippen molar-refractivity contribution in [2.45, 2.75) is 77.3 Å². The molecule has 1 spiro atoms. The van der Waals surface area contributed by atoms with Gasteiger partial charge in [-0.1, -0.05) is 51.1 Å². The van der Waals surface area contributed by atoms with Crippen LogP contribution in [0.4, 0.5) is 0 Å². The minimum atomic E-state index is -1.13. The van der Waals surface area contributed by atoms with Crippen LogP contribution in [-0.2, 0) is 16.2 Å². The zero-order valence-electron chi connectivity index (χ0n) is 23.6. The molecule has 1 heterocycles. The number of aliphatic hydroxyl groups excluding tert-OH is 1. The Balaban J connectivity index is 1.26. The van der Waals surface area contributed by atoms with Gasteiger partial charge in [0.25, 0.3) is 0 Å². The fourth-order valence-electron chi connectivity index (χ4n) is 8.28. The lowest BCUT2D eigenvalue weighted by Gasteiger charge is -2.62. The highest BCUT2D eigenvalue weighted by atomic mass is 16.7. The van der Waals surface area contributed by atoms with Gasteiger partial charge >= 0.3 is 5.97 Å². The lowest BCUT2D eigenvalue weighted by atomic mass is 9.45. The van der Waals surface area contributed by atoms with Gasteiger partial charge in [0.2, 0.25) is 5.91 Å².